The molecule has 5 nitrogen and oxygen atoms in total. The Balaban J connectivity index is 2.64. The van der Waals surface area contributed by atoms with Crippen LogP contribution in [-0.2, 0) is 9.53 Å². The SMILES string of the molecule is C[C@@H](NC(=O)c1cccc(Br)n1)C(=O)OC(C)(C)C. The summed E-state index contributed by atoms with van der Waals surface area (Å²) in [4.78, 5) is 27.6. The predicted octanol–water partition coefficient (Wildman–Crippen LogP) is 2.30. The quantitative estimate of drug-likeness (QED) is 0.682. The molecule has 0 aliphatic rings. The predicted molar refractivity (Wildman–Crippen MR) is 74.7 cm³/mol. The fraction of sp³-hybridized carbons (Fsp3) is 0.462. The van der Waals surface area contributed by atoms with Crippen molar-refractivity contribution >= 4 is 27.8 Å². The van der Waals surface area contributed by atoms with E-state index in [-0.39, 0.29) is 5.69 Å². The van der Waals surface area contributed by atoms with Gasteiger partial charge in [-0.25, -0.2) is 9.78 Å². The Kier molecular flexibility index (Phi) is 5.05. The van der Waals surface area contributed by atoms with Gasteiger partial charge in [0.25, 0.3) is 5.91 Å². The van der Waals surface area contributed by atoms with Crippen LogP contribution in [0.1, 0.15) is 38.2 Å². The van der Waals surface area contributed by atoms with Crippen LogP contribution in [0.25, 0.3) is 0 Å². The Morgan fingerprint density at radius 3 is 2.53 bits per heavy atom. The van der Waals surface area contributed by atoms with Crippen LogP contribution in [0.3, 0.4) is 0 Å². The largest absolute Gasteiger partial charge is 0.458 e. The second-order valence-corrected chi connectivity index (χ2v) is 5.89. The van der Waals surface area contributed by atoms with Gasteiger partial charge >= 0.3 is 5.97 Å². The number of carbonyl (C=O) groups excluding carboxylic acids is 2. The molecule has 1 amide bonds. The van der Waals surface area contributed by atoms with E-state index >= 15 is 0 Å². The summed E-state index contributed by atoms with van der Waals surface area (Å²) in [5.74, 6) is -0.893. The highest BCUT2D eigenvalue weighted by Gasteiger charge is 2.23. The number of nitrogens with zero attached hydrogens (tertiary/aromatic N) is 1. The first-order valence-electron chi connectivity index (χ1n) is 5.85. The zero-order chi connectivity index (χ0) is 14.6. The van der Waals surface area contributed by atoms with Crippen LogP contribution >= 0.6 is 15.9 Å². The number of carbonyl (C=O) groups is 2. The number of ether oxygens (including phenoxy) is 1. The number of halogens is 1. The molecule has 0 spiro atoms. The lowest BCUT2D eigenvalue weighted by Gasteiger charge is -2.22. The first-order valence-corrected chi connectivity index (χ1v) is 6.64. The van der Waals surface area contributed by atoms with E-state index in [1.54, 1.807) is 45.9 Å². The summed E-state index contributed by atoms with van der Waals surface area (Å²) >= 11 is 3.18. The molecule has 6 heteroatoms. The Labute approximate surface area is 120 Å². The van der Waals surface area contributed by atoms with Gasteiger partial charge in [-0.15, -0.1) is 0 Å². The monoisotopic (exact) mass is 328 g/mol. The topological polar surface area (TPSA) is 68.3 Å². The van der Waals surface area contributed by atoms with Crippen LogP contribution in [0.4, 0.5) is 0 Å². The highest BCUT2D eigenvalue weighted by molar-refractivity contribution is 9.10. The van der Waals surface area contributed by atoms with E-state index in [0.717, 1.165) is 0 Å². The smallest absolute Gasteiger partial charge is 0.328 e. The van der Waals surface area contributed by atoms with E-state index in [4.69, 9.17) is 4.74 Å². The van der Waals surface area contributed by atoms with Crippen molar-refractivity contribution in [3.63, 3.8) is 0 Å². The number of aromatic nitrogens is 1. The third kappa shape index (κ3) is 5.38. The van der Waals surface area contributed by atoms with E-state index in [1.165, 1.54) is 0 Å². The minimum absolute atomic E-state index is 0.241. The van der Waals surface area contributed by atoms with Crippen LogP contribution in [0, 0.1) is 0 Å². The molecule has 0 saturated heterocycles. The molecule has 0 radical (unpaired) electrons. The molecule has 0 aliphatic heterocycles. The van der Waals surface area contributed by atoms with Crippen LogP contribution in [-0.4, -0.2) is 28.5 Å². The van der Waals surface area contributed by atoms with E-state index in [9.17, 15) is 9.59 Å². The number of rotatable bonds is 3. The average molecular weight is 329 g/mol. The fourth-order valence-corrected chi connectivity index (χ4v) is 1.60. The van der Waals surface area contributed by atoms with E-state index in [0.29, 0.717) is 4.60 Å². The first kappa shape index (κ1) is 15.6. The minimum Gasteiger partial charge on any atom is -0.458 e. The lowest BCUT2D eigenvalue weighted by molar-refractivity contribution is -0.156. The molecule has 1 aromatic heterocycles. The fourth-order valence-electron chi connectivity index (χ4n) is 1.25. The summed E-state index contributed by atoms with van der Waals surface area (Å²) in [7, 11) is 0. The van der Waals surface area contributed by atoms with Gasteiger partial charge in [-0.1, -0.05) is 6.07 Å². The molecule has 1 N–H and O–H groups in total. The summed E-state index contributed by atoms with van der Waals surface area (Å²) in [6.07, 6.45) is 0. The molecule has 0 bridgehead atoms. The van der Waals surface area contributed by atoms with Crippen molar-refractivity contribution in [1.29, 1.82) is 0 Å². The lowest BCUT2D eigenvalue weighted by Crippen LogP contribution is -2.42. The van der Waals surface area contributed by atoms with Crippen molar-refractivity contribution in [3.8, 4) is 0 Å². The third-order valence-electron chi connectivity index (χ3n) is 2.06. The Morgan fingerprint density at radius 2 is 2.00 bits per heavy atom. The molecule has 1 aromatic rings. The molecule has 0 saturated carbocycles. The van der Waals surface area contributed by atoms with Gasteiger partial charge in [-0.3, -0.25) is 4.79 Å². The number of hydrogen-bond acceptors (Lipinski definition) is 4. The van der Waals surface area contributed by atoms with Gasteiger partial charge in [0.1, 0.15) is 21.9 Å². The molecule has 1 rings (SSSR count). The number of hydrogen-bond donors (Lipinski definition) is 1. The molecule has 1 atom stereocenters. The zero-order valence-corrected chi connectivity index (χ0v) is 12.9. The number of nitrogens with one attached hydrogen (secondary N) is 1. The van der Waals surface area contributed by atoms with Crippen LogP contribution in [0.5, 0.6) is 0 Å². The Morgan fingerprint density at radius 1 is 1.37 bits per heavy atom. The van der Waals surface area contributed by atoms with Gasteiger partial charge < -0.3 is 10.1 Å². The van der Waals surface area contributed by atoms with Crippen molar-refractivity contribution in [2.24, 2.45) is 0 Å². The number of pyridine rings is 1. The highest BCUT2D eigenvalue weighted by atomic mass is 79.9. The molecular weight excluding hydrogens is 312 g/mol. The maximum atomic E-state index is 11.9. The molecule has 1 heterocycles. The second kappa shape index (κ2) is 6.14. The van der Waals surface area contributed by atoms with Crippen LogP contribution in [0.15, 0.2) is 22.8 Å². The van der Waals surface area contributed by atoms with Crippen molar-refractivity contribution < 1.29 is 14.3 Å². The average Bonchev–Trinajstić information content (AvgIpc) is 2.26. The van der Waals surface area contributed by atoms with Crippen molar-refractivity contribution in [2.75, 3.05) is 0 Å². The summed E-state index contributed by atoms with van der Waals surface area (Å²) < 4.78 is 5.74. The molecule has 0 unspecified atom stereocenters. The van der Waals surface area contributed by atoms with Crippen LogP contribution < -0.4 is 5.32 Å². The maximum absolute atomic E-state index is 11.9. The molecule has 0 aromatic carbocycles. The number of esters is 1. The minimum atomic E-state index is -0.729. The van der Waals surface area contributed by atoms with Gasteiger partial charge in [0, 0.05) is 0 Å². The van der Waals surface area contributed by atoms with E-state index in [2.05, 4.69) is 26.2 Å². The molecule has 0 aliphatic carbocycles. The van der Waals surface area contributed by atoms with Crippen molar-refractivity contribution in [3.05, 3.63) is 28.5 Å². The summed E-state index contributed by atoms with van der Waals surface area (Å²) in [6, 6.07) is 4.26. The lowest BCUT2D eigenvalue weighted by atomic mass is 10.2. The van der Waals surface area contributed by atoms with E-state index in [1.807, 2.05) is 0 Å². The van der Waals surface area contributed by atoms with Gasteiger partial charge in [-0.2, -0.15) is 0 Å². The van der Waals surface area contributed by atoms with Gasteiger partial charge in [0.05, 0.1) is 0 Å². The zero-order valence-electron chi connectivity index (χ0n) is 11.4. The Hall–Kier alpha value is -1.43. The van der Waals surface area contributed by atoms with E-state index < -0.39 is 23.5 Å². The van der Waals surface area contributed by atoms with Gasteiger partial charge in [0.15, 0.2) is 0 Å². The molecule has 0 fully saturated rings. The number of amides is 1. The maximum Gasteiger partial charge on any atom is 0.328 e. The van der Waals surface area contributed by atoms with Crippen molar-refractivity contribution in [2.45, 2.75) is 39.3 Å². The highest BCUT2D eigenvalue weighted by Crippen LogP contribution is 2.09. The summed E-state index contributed by atoms with van der Waals surface area (Å²) in [6.45, 7) is 6.89. The molecular formula is C13H17BrN2O3. The van der Waals surface area contributed by atoms with Crippen molar-refractivity contribution in [1.82, 2.24) is 10.3 Å². The van der Waals surface area contributed by atoms with Gasteiger partial charge in [0.2, 0.25) is 0 Å². The summed E-state index contributed by atoms with van der Waals surface area (Å²) in [5, 5.41) is 2.55. The summed E-state index contributed by atoms with van der Waals surface area (Å²) in [5.41, 5.74) is -0.339. The normalized spacial score (nSPS) is 12.7. The second-order valence-electron chi connectivity index (χ2n) is 5.07. The standard InChI is InChI=1S/C13H17BrN2O3/c1-8(12(18)19-13(2,3)4)15-11(17)9-6-5-7-10(14)16-9/h5-8H,1-4H3,(H,15,17)/t8-/m1/s1. The third-order valence-corrected chi connectivity index (χ3v) is 2.50. The molecule has 104 valence electrons. The van der Waals surface area contributed by atoms with Crippen LogP contribution in [0.2, 0.25) is 0 Å². The first-order chi connectivity index (χ1) is 8.69. The molecule has 19 heavy (non-hydrogen) atoms. The van der Waals surface area contributed by atoms with Gasteiger partial charge in [-0.05, 0) is 55.8 Å². The Bertz CT molecular complexity index is 483.